The van der Waals surface area contributed by atoms with E-state index in [9.17, 15) is 0 Å². The first-order valence-corrected chi connectivity index (χ1v) is 9.40. The highest BCUT2D eigenvalue weighted by Gasteiger charge is 2.13. The topological polar surface area (TPSA) is 92.0 Å². The molecule has 1 aromatic carbocycles. The highest BCUT2D eigenvalue weighted by Crippen LogP contribution is 2.22. The van der Waals surface area contributed by atoms with Crippen molar-refractivity contribution in [3.8, 4) is 5.75 Å². The summed E-state index contributed by atoms with van der Waals surface area (Å²) in [7, 11) is 0. The number of rotatable bonds is 7. The maximum Gasteiger partial charge on any atom is 0.210 e. The van der Waals surface area contributed by atoms with E-state index in [4.69, 9.17) is 15.0 Å². The standard InChI is InChI=1S/C18H23N5O2S/c1-11(2)14-5-7-15(8-6-14)24-9-16-21-22-18(23(16)19)26-10-17-20-12(3)13(4)25-17/h5-8,11H,9-10,19H2,1-4H3. The van der Waals surface area contributed by atoms with Crippen LogP contribution in [-0.4, -0.2) is 19.9 Å². The number of ether oxygens (including phenoxy) is 1. The van der Waals surface area contributed by atoms with Gasteiger partial charge in [-0.15, -0.1) is 10.2 Å². The lowest BCUT2D eigenvalue weighted by Crippen LogP contribution is -2.15. The summed E-state index contributed by atoms with van der Waals surface area (Å²) in [5.41, 5.74) is 2.17. The number of nitrogen functional groups attached to an aromatic ring is 1. The molecule has 0 aliphatic rings. The molecule has 138 valence electrons. The third-order valence-electron chi connectivity index (χ3n) is 4.05. The Morgan fingerprint density at radius 2 is 1.92 bits per heavy atom. The molecule has 0 spiro atoms. The van der Waals surface area contributed by atoms with Crippen LogP contribution >= 0.6 is 11.8 Å². The number of nitrogens with zero attached hydrogens (tertiary/aromatic N) is 4. The molecule has 0 aliphatic heterocycles. The second kappa shape index (κ2) is 7.82. The molecular weight excluding hydrogens is 350 g/mol. The van der Waals surface area contributed by atoms with E-state index in [0.717, 1.165) is 17.2 Å². The molecule has 0 aliphatic carbocycles. The molecule has 26 heavy (non-hydrogen) atoms. The van der Waals surface area contributed by atoms with E-state index in [1.54, 1.807) is 0 Å². The average molecular weight is 373 g/mol. The Morgan fingerprint density at radius 1 is 1.19 bits per heavy atom. The number of thioether (sulfide) groups is 1. The van der Waals surface area contributed by atoms with E-state index in [1.807, 2.05) is 26.0 Å². The maximum absolute atomic E-state index is 6.07. The minimum absolute atomic E-state index is 0.252. The first-order valence-electron chi connectivity index (χ1n) is 8.42. The minimum atomic E-state index is 0.252. The lowest BCUT2D eigenvalue weighted by Gasteiger charge is -2.08. The van der Waals surface area contributed by atoms with Crippen LogP contribution in [0.15, 0.2) is 33.8 Å². The second-order valence-electron chi connectivity index (χ2n) is 6.32. The number of aromatic nitrogens is 4. The van der Waals surface area contributed by atoms with Crippen LogP contribution < -0.4 is 10.6 Å². The molecule has 0 bridgehead atoms. The van der Waals surface area contributed by atoms with Gasteiger partial charge in [-0.2, -0.15) is 0 Å². The predicted octanol–water partition coefficient (Wildman–Crippen LogP) is 3.59. The normalized spacial score (nSPS) is 11.3. The summed E-state index contributed by atoms with van der Waals surface area (Å²) in [5, 5.41) is 8.80. The average Bonchev–Trinajstić information content (AvgIpc) is 3.13. The van der Waals surface area contributed by atoms with Gasteiger partial charge < -0.3 is 15.0 Å². The molecule has 0 saturated carbocycles. The third kappa shape index (κ3) is 4.19. The van der Waals surface area contributed by atoms with E-state index in [2.05, 4.69) is 41.2 Å². The van der Waals surface area contributed by atoms with Crippen molar-refractivity contribution in [1.29, 1.82) is 0 Å². The fourth-order valence-corrected chi connectivity index (χ4v) is 3.05. The minimum Gasteiger partial charge on any atom is -0.486 e. The summed E-state index contributed by atoms with van der Waals surface area (Å²) in [5.74, 6) is 9.91. The van der Waals surface area contributed by atoms with Crippen molar-refractivity contribution in [2.75, 3.05) is 5.84 Å². The van der Waals surface area contributed by atoms with Crippen LogP contribution in [0.1, 0.15) is 48.5 Å². The van der Waals surface area contributed by atoms with Crippen molar-refractivity contribution < 1.29 is 9.15 Å². The Bertz CT molecular complexity index is 851. The molecule has 2 heterocycles. The summed E-state index contributed by atoms with van der Waals surface area (Å²) in [6.45, 7) is 8.38. The Labute approximate surface area is 156 Å². The Hall–Kier alpha value is -2.48. The third-order valence-corrected chi connectivity index (χ3v) is 4.98. The van der Waals surface area contributed by atoms with Gasteiger partial charge >= 0.3 is 0 Å². The molecule has 0 amide bonds. The zero-order chi connectivity index (χ0) is 18.7. The zero-order valence-electron chi connectivity index (χ0n) is 15.4. The molecule has 7 nitrogen and oxygen atoms in total. The Kier molecular flexibility index (Phi) is 5.51. The zero-order valence-corrected chi connectivity index (χ0v) is 16.2. The fraction of sp³-hybridized carbons (Fsp3) is 0.389. The molecule has 2 N–H and O–H groups in total. The van der Waals surface area contributed by atoms with Gasteiger partial charge in [0, 0.05) is 0 Å². The van der Waals surface area contributed by atoms with Gasteiger partial charge in [0.1, 0.15) is 18.1 Å². The highest BCUT2D eigenvalue weighted by molar-refractivity contribution is 7.98. The molecule has 8 heteroatoms. The lowest BCUT2D eigenvalue weighted by molar-refractivity contribution is 0.291. The first-order chi connectivity index (χ1) is 12.4. The van der Waals surface area contributed by atoms with Crippen molar-refractivity contribution in [2.45, 2.75) is 51.1 Å². The predicted molar refractivity (Wildman–Crippen MR) is 101 cm³/mol. The van der Waals surface area contributed by atoms with Crippen molar-refractivity contribution in [3.63, 3.8) is 0 Å². The summed E-state index contributed by atoms with van der Waals surface area (Å²) >= 11 is 1.42. The van der Waals surface area contributed by atoms with Gasteiger partial charge in [-0.3, -0.25) is 0 Å². The number of hydrogen-bond donors (Lipinski definition) is 1. The van der Waals surface area contributed by atoms with Crippen LogP contribution in [0, 0.1) is 13.8 Å². The molecule has 0 fully saturated rings. The number of benzene rings is 1. The quantitative estimate of drug-likeness (QED) is 0.500. The monoisotopic (exact) mass is 373 g/mol. The Morgan fingerprint density at radius 3 is 2.54 bits per heavy atom. The lowest BCUT2D eigenvalue weighted by atomic mass is 10.0. The molecule has 2 aromatic heterocycles. The van der Waals surface area contributed by atoms with Crippen LogP contribution in [0.4, 0.5) is 0 Å². The second-order valence-corrected chi connectivity index (χ2v) is 7.26. The molecule has 0 saturated heterocycles. The number of hydrogen-bond acceptors (Lipinski definition) is 7. The smallest absolute Gasteiger partial charge is 0.210 e. The van der Waals surface area contributed by atoms with Crippen molar-refractivity contribution in [2.24, 2.45) is 0 Å². The molecule has 0 radical (unpaired) electrons. The van der Waals surface area contributed by atoms with Crippen LogP contribution in [0.25, 0.3) is 0 Å². The van der Waals surface area contributed by atoms with Crippen LogP contribution in [0.5, 0.6) is 5.75 Å². The maximum atomic E-state index is 6.07. The molecule has 3 aromatic rings. The van der Waals surface area contributed by atoms with E-state index in [0.29, 0.717) is 28.5 Å². The van der Waals surface area contributed by atoms with Gasteiger partial charge in [-0.25, -0.2) is 9.66 Å². The van der Waals surface area contributed by atoms with Gasteiger partial charge in [-0.1, -0.05) is 37.7 Å². The van der Waals surface area contributed by atoms with E-state index in [1.165, 1.54) is 22.0 Å². The fourth-order valence-electron chi connectivity index (χ4n) is 2.33. The van der Waals surface area contributed by atoms with Crippen LogP contribution in [0.3, 0.4) is 0 Å². The number of aryl methyl sites for hydroxylation is 2. The highest BCUT2D eigenvalue weighted by atomic mass is 32.2. The molecule has 0 atom stereocenters. The van der Waals surface area contributed by atoms with Gasteiger partial charge in [0.2, 0.25) is 11.0 Å². The van der Waals surface area contributed by atoms with Crippen molar-refractivity contribution in [3.05, 3.63) is 53.0 Å². The van der Waals surface area contributed by atoms with Gasteiger partial charge in [0.05, 0.1) is 11.4 Å². The van der Waals surface area contributed by atoms with Crippen LogP contribution in [-0.2, 0) is 12.4 Å². The van der Waals surface area contributed by atoms with E-state index >= 15 is 0 Å². The first kappa shape index (κ1) is 18.3. The molecule has 0 unspecified atom stereocenters. The van der Waals surface area contributed by atoms with E-state index in [-0.39, 0.29) is 6.61 Å². The van der Waals surface area contributed by atoms with Gasteiger partial charge in [-0.05, 0) is 37.5 Å². The summed E-state index contributed by atoms with van der Waals surface area (Å²) in [6, 6.07) is 8.04. The van der Waals surface area contributed by atoms with Gasteiger partial charge in [0.15, 0.2) is 5.82 Å². The number of nitrogens with two attached hydrogens (primary N) is 1. The van der Waals surface area contributed by atoms with Gasteiger partial charge in [0.25, 0.3) is 0 Å². The Balaban J connectivity index is 1.58. The van der Waals surface area contributed by atoms with E-state index < -0.39 is 0 Å². The summed E-state index contributed by atoms with van der Waals surface area (Å²) < 4.78 is 12.8. The SMILES string of the molecule is Cc1nc(CSc2nnc(COc3ccc(C(C)C)cc3)n2N)oc1C. The van der Waals surface area contributed by atoms with Crippen molar-refractivity contribution >= 4 is 11.8 Å². The number of oxazole rings is 1. The summed E-state index contributed by atoms with van der Waals surface area (Å²) in [6.07, 6.45) is 0. The molecule has 3 rings (SSSR count). The molecular formula is C18H23N5O2S. The largest absolute Gasteiger partial charge is 0.486 e. The van der Waals surface area contributed by atoms with Crippen LogP contribution in [0.2, 0.25) is 0 Å². The summed E-state index contributed by atoms with van der Waals surface area (Å²) in [4.78, 5) is 4.35. The van der Waals surface area contributed by atoms with Crippen molar-refractivity contribution in [1.82, 2.24) is 19.9 Å².